The molecule has 1 atom stereocenters. The van der Waals surface area contributed by atoms with Crippen molar-refractivity contribution in [2.24, 2.45) is 0 Å². The summed E-state index contributed by atoms with van der Waals surface area (Å²) in [6.45, 7) is 6.85. The highest BCUT2D eigenvalue weighted by atomic mass is 16.2. The fourth-order valence-corrected chi connectivity index (χ4v) is 2.62. The maximum atomic E-state index is 12.1. The lowest BCUT2D eigenvalue weighted by Crippen LogP contribution is -2.41. The lowest BCUT2D eigenvalue weighted by Gasteiger charge is -2.26. The number of hydrogen-bond donors (Lipinski definition) is 2. The number of hydrogen-bond acceptors (Lipinski definition) is 4. The summed E-state index contributed by atoms with van der Waals surface area (Å²) in [6, 6.07) is 7.44. The van der Waals surface area contributed by atoms with Crippen molar-refractivity contribution in [2.45, 2.75) is 26.3 Å². The van der Waals surface area contributed by atoms with E-state index < -0.39 is 0 Å². The molecule has 1 amide bonds. The molecular weight excluding hydrogens is 266 g/mol. The van der Waals surface area contributed by atoms with Gasteiger partial charge < -0.3 is 10.6 Å². The first-order chi connectivity index (χ1) is 10.1. The predicted octanol–water partition coefficient (Wildman–Crippen LogP) is 1.51. The van der Waals surface area contributed by atoms with Crippen LogP contribution in [-0.2, 0) is 4.79 Å². The summed E-state index contributed by atoms with van der Waals surface area (Å²) in [5.74, 6) is 0.0121. The van der Waals surface area contributed by atoms with Crippen molar-refractivity contribution in [3.05, 3.63) is 29.8 Å². The maximum absolute atomic E-state index is 12.1. The van der Waals surface area contributed by atoms with E-state index in [4.69, 9.17) is 0 Å². The molecule has 1 saturated heterocycles. The van der Waals surface area contributed by atoms with Crippen LogP contribution in [0.5, 0.6) is 0 Å². The van der Waals surface area contributed by atoms with Gasteiger partial charge in [-0.05, 0) is 50.7 Å². The molecule has 5 nitrogen and oxygen atoms in total. The Bertz CT molecular complexity index is 493. The number of amides is 1. The minimum atomic E-state index is -0.0145. The van der Waals surface area contributed by atoms with Gasteiger partial charge in [0.25, 0.3) is 0 Å². The molecule has 1 heterocycles. The van der Waals surface area contributed by atoms with E-state index in [1.165, 1.54) is 6.92 Å². The van der Waals surface area contributed by atoms with E-state index in [9.17, 15) is 9.59 Å². The summed E-state index contributed by atoms with van der Waals surface area (Å²) in [5, 5.41) is 6.21. The first-order valence-corrected chi connectivity index (χ1v) is 7.45. The van der Waals surface area contributed by atoms with Gasteiger partial charge in [0.2, 0.25) is 5.91 Å². The highest BCUT2D eigenvalue weighted by molar-refractivity contribution is 5.96. The second kappa shape index (κ2) is 7.33. The minimum absolute atomic E-state index is 0.0145. The zero-order valence-electron chi connectivity index (χ0n) is 12.7. The molecule has 0 aliphatic carbocycles. The van der Waals surface area contributed by atoms with Gasteiger partial charge in [-0.1, -0.05) is 6.92 Å². The van der Waals surface area contributed by atoms with Crippen LogP contribution in [0.25, 0.3) is 0 Å². The Labute approximate surface area is 125 Å². The van der Waals surface area contributed by atoms with Crippen LogP contribution in [0.2, 0.25) is 0 Å². The van der Waals surface area contributed by atoms with Crippen LogP contribution in [0.4, 0.5) is 5.69 Å². The number of rotatable bonds is 6. The number of ketones is 1. The summed E-state index contributed by atoms with van der Waals surface area (Å²) in [4.78, 5) is 25.5. The largest absolute Gasteiger partial charge is 0.325 e. The molecule has 0 aromatic heterocycles. The van der Waals surface area contributed by atoms with Crippen molar-refractivity contribution in [3.8, 4) is 0 Å². The zero-order valence-corrected chi connectivity index (χ0v) is 12.7. The summed E-state index contributed by atoms with van der Waals surface area (Å²) in [7, 11) is 0. The Balaban J connectivity index is 1.89. The van der Waals surface area contributed by atoms with Crippen molar-refractivity contribution in [1.29, 1.82) is 0 Å². The normalized spacial score (nSPS) is 18.0. The zero-order chi connectivity index (χ0) is 15.2. The molecule has 1 aromatic carbocycles. The average molecular weight is 289 g/mol. The van der Waals surface area contributed by atoms with Gasteiger partial charge in [-0.15, -0.1) is 0 Å². The number of carbonyl (C=O) groups is 2. The Kier molecular flexibility index (Phi) is 5.47. The van der Waals surface area contributed by atoms with Gasteiger partial charge in [0.15, 0.2) is 5.78 Å². The van der Waals surface area contributed by atoms with E-state index in [0.29, 0.717) is 18.2 Å². The number of benzene rings is 1. The number of Topliss-reactive ketones (excluding diaryl/α,β-unsaturated/α-hetero) is 1. The van der Waals surface area contributed by atoms with Gasteiger partial charge in [-0.2, -0.15) is 0 Å². The van der Waals surface area contributed by atoms with Crippen LogP contribution in [0.3, 0.4) is 0 Å². The van der Waals surface area contributed by atoms with E-state index in [-0.39, 0.29) is 11.7 Å². The first kappa shape index (κ1) is 15.7. The number of carbonyl (C=O) groups excluding carboxylic acids is 2. The van der Waals surface area contributed by atoms with Crippen LogP contribution in [-0.4, -0.2) is 48.8 Å². The predicted molar refractivity (Wildman–Crippen MR) is 83.6 cm³/mol. The molecule has 0 bridgehead atoms. The maximum Gasteiger partial charge on any atom is 0.238 e. The van der Waals surface area contributed by atoms with Crippen LogP contribution >= 0.6 is 0 Å². The summed E-state index contributed by atoms with van der Waals surface area (Å²) in [6.07, 6.45) is 1.09. The number of anilines is 1. The van der Waals surface area contributed by atoms with Crippen LogP contribution < -0.4 is 10.6 Å². The number of nitrogens with one attached hydrogen (secondary N) is 2. The third-order valence-electron chi connectivity index (χ3n) is 3.88. The van der Waals surface area contributed by atoms with Gasteiger partial charge in [-0.3, -0.25) is 14.5 Å². The quantitative estimate of drug-likeness (QED) is 0.779. The molecule has 114 valence electrons. The molecule has 0 saturated carbocycles. The Morgan fingerprint density at radius 2 is 2.05 bits per heavy atom. The SMILES string of the molecule is CCN(CC(=O)Nc1ccc(C(C)=O)cc1)C1CCNC1. The van der Waals surface area contributed by atoms with Crippen LogP contribution in [0.15, 0.2) is 24.3 Å². The molecule has 5 heteroatoms. The van der Waals surface area contributed by atoms with E-state index in [1.807, 2.05) is 0 Å². The minimum Gasteiger partial charge on any atom is -0.325 e. The van der Waals surface area contributed by atoms with Gasteiger partial charge in [-0.25, -0.2) is 0 Å². The van der Waals surface area contributed by atoms with Gasteiger partial charge in [0.1, 0.15) is 0 Å². The standard InChI is InChI=1S/C16H23N3O2/c1-3-19(15-8-9-17-10-15)11-16(21)18-14-6-4-13(5-7-14)12(2)20/h4-7,15,17H,3,8-11H2,1-2H3,(H,18,21). The summed E-state index contributed by atoms with van der Waals surface area (Å²) in [5.41, 5.74) is 1.38. The second-order valence-corrected chi connectivity index (χ2v) is 5.39. The number of nitrogens with zero attached hydrogens (tertiary/aromatic N) is 1. The fourth-order valence-electron chi connectivity index (χ4n) is 2.62. The summed E-state index contributed by atoms with van der Waals surface area (Å²) >= 11 is 0. The molecule has 2 N–H and O–H groups in total. The van der Waals surface area contributed by atoms with Crippen molar-refractivity contribution in [3.63, 3.8) is 0 Å². The number of likely N-dealkylation sites (N-methyl/N-ethyl adjacent to an activating group) is 1. The van der Waals surface area contributed by atoms with Crippen molar-refractivity contribution in [2.75, 3.05) is 31.5 Å². The highest BCUT2D eigenvalue weighted by Crippen LogP contribution is 2.11. The molecule has 0 spiro atoms. The van der Waals surface area contributed by atoms with Crippen molar-refractivity contribution >= 4 is 17.4 Å². The molecule has 1 aliphatic rings. The molecule has 21 heavy (non-hydrogen) atoms. The van der Waals surface area contributed by atoms with E-state index in [0.717, 1.165) is 31.7 Å². The molecule has 2 rings (SSSR count). The van der Waals surface area contributed by atoms with Crippen LogP contribution in [0.1, 0.15) is 30.6 Å². The third-order valence-corrected chi connectivity index (χ3v) is 3.88. The summed E-state index contributed by atoms with van der Waals surface area (Å²) < 4.78 is 0. The monoisotopic (exact) mass is 289 g/mol. The molecule has 1 unspecified atom stereocenters. The van der Waals surface area contributed by atoms with E-state index in [2.05, 4.69) is 22.5 Å². The van der Waals surface area contributed by atoms with Gasteiger partial charge in [0, 0.05) is 23.8 Å². The van der Waals surface area contributed by atoms with E-state index in [1.54, 1.807) is 24.3 Å². The fraction of sp³-hybridized carbons (Fsp3) is 0.500. The second-order valence-electron chi connectivity index (χ2n) is 5.39. The van der Waals surface area contributed by atoms with Gasteiger partial charge in [0.05, 0.1) is 6.54 Å². The first-order valence-electron chi connectivity index (χ1n) is 7.45. The Morgan fingerprint density at radius 3 is 2.57 bits per heavy atom. The smallest absolute Gasteiger partial charge is 0.238 e. The molecule has 1 fully saturated rings. The lowest BCUT2D eigenvalue weighted by atomic mass is 10.1. The highest BCUT2D eigenvalue weighted by Gasteiger charge is 2.22. The van der Waals surface area contributed by atoms with Crippen molar-refractivity contribution < 1.29 is 9.59 Å². The topological polar surface area (TPSA) is 61.4 Å². The third kappa shape index (κ3) is 4.37. The molecule has 1 aliphatic heterocycles. The average Bonchev–Trinajstić information content (AvgIpc) is 2.99. The van der Waals surface area contributed by atoms with Crippen LogP contribution in [0, 0.1) is 0 Å². The Morgan fingerprint density at radius 1 is 1.33 bits per heavy atom. The molecule has 1 aromatic rings. The van der Waals surface area contributed by atoms with E-state index >= 15 is 0 Å². The molecule has 0 radical (unpaired) electrons. The molecular formula is C16H23N3O2. The Hall–Kier alpha value is -1.72. The van der Waals surface area contributed by atoms with Gasteiger partial charge >= 0.3 is 0 Å². The van der Waals surface area contributed by atoms with Crippen molar-refractivity contribution in [1.82, 2.24) is 10.2 Å². The lowest BCUT2D eigenvalue weighted by molar-refractivity contribution is -0.117.